The van der Waals surface area contributed by atoms with Gasteiger partial charge in [0.15, 0.2) is 12.4 Å². The van der Waals surface area contributed by atoms with E-state index in [4.69, 9.17) is 4.74 Å². The number of imide groups is 1. The van der Waals surface area contributed by atoms with Gasteiger partial charge in [0.2, 0.25) is 11.8 Å². The van der Waals surface area contributed by atoms with Crippen LogP contribution in [0.5, 0.6) is 0 Å². The highest BCUT2D eigenvalue weighted by atomic mass is 16.5. The van der Waals surface area contributed by atoms with Crippen LogP contribution in [0, 0.1) is 0 Å². The number of carbonyl (C=O) groups excluding carboxylic acids is 4. The molecule has 6 nitrogen and oxygen atoms in total. The van der Waals surface area contributed by atoms with Gasteiger partial charge < -0.3 is 4.74 Å². The van der Waals surface area contributed by atoms with Crippen molar-refractivity contribution in [2.45, 2.75) is 39.2 Å². The van der Waals surface area contributed by atoms with Gasteiger partial charge in [0.05, 0.1) is 12.1 Å². The number of hydrogen-bond acceptors (Lipinski definition) is 5. The molecule has 0 aromatic heterocycles. The van der Waals surface area contributed by atoms with Crippen molar-refractivity contribution < 1.29 is 23.9 Å². The Morgan fingerprint density at radius 1 is 0.862 bits per heavy atom. The summed E-state index contributed by atoms with van der Waals surface area (Å²) in [5.41, 5.74) is 2.72. The summed E-state index contributed by atoms with van der Waals surface area (Å²) in [6.45, 7) is 1.96. The lowest BCUT2D eigenvalue weighted by Crippen LogP contribution is -2.28. The molecule has 0 unspecified atom stereocenters. The van der Waals surface area contributed by atoms with E-state index < -0.39 is 5.97 Å². The third-order valence-electron chi connectivity index (χ3n) is 4.83. The van der Waals surface area contributed by atoms with Crippen molar-refractivity contribution in [3.05, 3.63) is 70.8 Å². The molecule has 29 heavy (non-hydrogen) atoms. The van der Waals surface area contributed by atoms with Crippen LogP contribution in [0.3, 0.4) is 0 Å². The molecule has 2 amide bonds. The minimum absolute atomic E-state index is 0.181. The molecule has 150 valence electrons. The maximum atomic E-state index is 12.2. The number of esters is 1. The summed E-state index contributed by atoms with van der Waals surface area (Å²) in [4.78, 5) is 49.0. The number of likely N-dealkylation sites (tertiary alicyclic amines) is 1. The number of nitrogens with zero attached hydrogens (tertiary/aromatic N) is 1. The number of Topliss-reactive ketones (excluding diaryl/α,β-unsaturated/α-hetero) is 1. The fourth-order valence-electron chi connectivity index (χ4n) is 3.17. The van der Waals surface area contributed by atoms with E-state index in [9.17, 15) is 19.2 Å². The second-order valence-corrected chi connectivity index (χ2v) is 7.02. The number of carbonyl (C=O) groups is 4. The van der Waals surface area contributed by atoms with Crippen LogP contribution in [0.1, 0.15) is 58.0 Å². The van der Waals surface area contributed by atoms with Crippen molar-refractivity contribution in [1.29, 1.82) is 0 Å². The van der Waals surface area contributed by atoms with E-state index in [0.717, 1.165) is 18.4 Å². The number of aryl methyl sites for hydroxylation is 1. The average molecular weight is 393 g/mol. The first-order valence-corrected chi connectivity index (χ1v) is 9.69. The zero-order chi connectivity index (χ0) is 20.8. The number of amides is 2. The molecule has 1 heterocycles. The van der Waals surface area contributed by atoms with Gasteiger partial charge in [0.25, 0.3) is 0 Å². The van der Waals surface area contributed by atoms with E-state index in [1.165, 1.54) is 10.5 Å². The van der Waals surface area contributed by atoms with Gasteiger partial charge in [-0.25, -0.2) is 4.79 Å². The Kier molecular flexibility index (Phi) is 6.54. The van der Waals surface area contributed by atoms with Crippen LogP contribution < -0.4 is 0 Å². The highest BCUT2D eigenvalue weighted by molar-refractivity contribution is 6.02. The van der Waals surface area contributed by atoms with Crippen molar-refractivity contribution in [3.8, 4) is 0 Å². The second kappa shape index (κ2) is 9.28. The quantitative estimate of drug-likeness (QED) is 0.390. The summed E-state index contributed by atoms with van der Waals surface area (Å²) in [6, 6.07) is 13.8. The Labute approximate surface area is 169 Å². The Balaban J connectivity index is 1.53. The molecule has 2 aromatic rings. The van der Waals surface area contributed by atoms with Crippen LogP contribution in [0.2, 0.25) is 0 Å². The Morgan fingerprint density at radius 3 is 2.00 bits per heavy atom. The van der Waals surface area contributed by atoms with Gasteiger partial charge in [-0.1, -0.05) is 49.7 Å². The number of ether oxygens (including phenoxy) is 1. The lowest BCUT2D eigenvalue weighted by atomic mass is 10.1. The molecule has 1 saturated heterocycles. The molecular formula is C23H23NO5. The number of benzene rings is 2. The van der Waals surface area contributed by atoms with E-state index in [0.29, 0.717) is 11.1 Å². The fraction of sp³-hybridized carbons (Fsp3) is 0.304. The first-order valence-electron chi connectivity index (χ1n) is 9.69. The second-order valence-electron chi connectivity index (χ2n) is 7.02. The minimum Gasteiger partial charge on any atom is -0.454 e. The Morgan fingerprint density at radius 2 is 1.41 bits per heavy atom. The third-order valence-corrected chi connectivity index (χ3v) is 4.83. The average Bonchev–Trinajstić information content (AvgIpc) is 3.05. The smallest absolute Gasteiger partial charge is 0.338 e. The zero-order valence-corrected chi connectivity index (χ0v) is 16.3. The van der Waals surface area contributed by atoms with Crippen LogP contribution in [-0.2, 0) is 27.3 Å². The largest absolute Gasteiger partial charge is 0.454 e. The van der Waals surface area contributed by atoms with E-state index in [-0.39, 0.29) is 43.6 Å². The summed E-state index contributed by atoms with van der Waals surface area (Å²) >= 11 is 0. The molecule has 0 aliphatic carbocycles. The monoisotopic (exact) mass is 393 g/mol. The maximum absolute atomic E-state index is 12.2. The lowest BCUT2D eigenvalue weighted by molar-refractivity contribution is -0.139. The van der Waals surface area contributed by atoms with E-state index in [2.05, 4.69) is 6.92 Å². The molecule has 3 rings (SSSR count). The molecule has 0 N–H and O–H groups in total. The van der Waals surface area contributed by atoms with E-state index in [1.807, 2.05) is 12.1 Å². The normalized spacial score (nSPS) is 13.6. The molecule has 0 saturated carbocycles. The minimum atomic E-state index is -0.596. The summed E-state index contributed by atoms with van der Waals surface area (Å²) in [5.74, 6) is -1.22. The Hall–Kier alpha value is -3.28. The van der Waals surface area contributed by atoms with Crippen LogP contribution in [0.25, 0.3) is 0 Å². The summed E-state index contributed by atoms with van der Waals surface area (Å²) in [7, 11) is 0. The summed E-state index contributed by atoms with van der Waals surface area (Å²) in [5, 5.41) is 0. The van der Waals surface area contributed by atoms with Crippen molar-refractivity contribution in [2.24, 2.45) is 0 Å². The van der Waals surface area contributed by atoms with Crippen LogP contribution in [0.15, 0.2) is 48.5 Å². The number of rotatable bonds is 8. The van der Waals surface area contributed by atoms with Gasteiger partial charge in [-0.15, -0.1) is 0 Å². The van der Waals surface area contributed by atoms with E-state index in [1.54, 1.807) is 36.4 Å². The van der Waals surface area contributed by atoms with Gasteiger partial charge in [0.1, 0.15) is 0 Å². The van der Waals surface area contributed by atoms with Crippen molar-refractivity contribution in [3.63, 3.8) is 0 Å². The predicted octanol–water partition coefficient (Wildman–Crippen LogP) is 3.33. The molecule has 0 radical (unpaired) electrons. The molecule has 1 aliphatic rings. The van der Waals surface area contributed by atoms with Crippen LogP contribution >= 0.6 is 0 Å². The lowest BCUT2D eigenvalue weighted by Gasteiger charge is -2.13. The van der Waals surface area contributed by atoms with Gasteiger partial charge in [-0.05, 0) is 29.7 Å². The van der Waals surface area contributed by atoms with Crippen molar-refractivity contribution in [2.75, 3.05) is 6.61 Å². The summed E-state index contributed by atoms with van der Waals surface area (Å²) < 4.78 is 5.12. The molecule has 0 bridgehead atoms. The molecule has 0 spiro atoms. The predicted molar refractivity (Wildman–Crippen MR) is 106 cm³/mol. The standard InChI is InChI=1S/C23H23NO5/c1-2-3-16-4-8-18(9-5-16)20(25)15-29-23(28)19-10-6-17(7-11-19)14-24-21(26)12-13-22(24)27/h4-11H,2-3,12-15H2,1H3. The fourth-order valence-corrected chi connectivity index (χ4v) is 3.17. The molecule has 6 heteroatoms. The summed E-state index contributed by atoms with van der Waals surface area (Å²) in [6.07, 6.45) is 2.49. The number of hydrogen-bond donors (Lipinski definition) is 0. The molecule has 0 atom stereocenters. The maximum Gasteiger partial charge on any atom is 0.338 e. The molecule has 1 fully saturated rings. The van der Waals surface area contributed by atoms with Gasteiger partial charge in [-0.3, -0.25) is 19.3 Å². The van der Waals surface area contributed by atoms with Crippen molar-refractivity contribution in [1.82, 2.24) is 4.90 Å². The Bertz CT molecular complexity index is 899. The first kappa shape index (κ1) is 20.5. The van der Waals surface area contributed by atoms with Crippen LogP contribution in [0.4, 0.5) is 0 Å². The molecular weight excluding hydrogens is 370 g/mol. The zero-order valence-electron chi connectivity index (χ0n) is 16.3. The van der Waals surface area contributed by atoms with Crippen molar-refractivity contribution >= 4 is 23.6 Å². The number of ketones is 1. The highest BCUT2D eigenvalue weighted by Gasteiger charge is 2.28. The van der Waals surface area contributed by atoms with Crippen LogP contribution in [-0.4, -0.2) is 35.1 Å². The van der Waals surface area contributed by atoms with E-state index >= 15 is 0 Å². The topological polar surface area (TPSA) is 80.8 Å². The van der Waals surface area contributed by atoms with Gasteiger partial charge >= 0.3 is 5.97 Å². The van der Waals surface area contributed by atoms with Gasteiger partial charge in [0, 0.05) is 18.4 Å². The molecule has 1 aliphatic heterocycles. The first-order chi connectivity index (χ1) is 14.0. The van der Waals surface area contributed by atoms with Gasteiger partial charge in [-0.2, -0.15) is 0 Å². The SMILES string of the molecule is CCCc1ccc(C(=O)COC(=O)c2ccc(CN3C(=O)CCC3=O)cc2)cc1. The molecule has 2 aromatic carbocycles. The third kappa shape index (κ3) is 5.16. The highest BCUT2D eigenvalue weighted by Crippen LogP contribution is 2.16.